The summed E-state index contributed by atoms with van der Waals surface area (Å²) in [5.41, 5.74) is -0.273. The van der Waals surface area contributed by atoms with Gasteiger partial charge in [-0.3, -0.25) is 4.79 Å². The summed E-state index contributed by atoms with van der Waals surface area (Å²) in [6, 6.07) is -0.542. The number of carbonyl (C=O) groups is 1. The number of nitrogens with one attached hydrogen (secondary N) is 1. The lowest BCUT2D eigenvalue weighted by Gasteiger charge is -2.26. The SMILES string of the molecule is CC(C)(C)OC1CCN[C@@H]1C(=O)O. The second kappa shape index (κ2) is 3.64. The molecule has 76 valence electrons. The van der Waals surface area contributed by atoms with Crippen molar-refractivity contribution in [3.63, 3.8) is 0 Å². The maximum atomic E-state index is 10.8. The maximum Gasteiger partial charge on any atom is 0.323 e. The van der Waals surface area contributed by atoms with Gasteiger partial charge in [-0.25, -0.2) is 0 Å². The second-order valence-electron chi connectivity index (χ2n) is 4.33. The number of carboxylic acid groups (broad SMARTS) is 1. The molecule has 4 nitrogen and oxygen atoms in total. The largest absolute Gasteiger partial charge is 0.480 e. The summed E-state index contributed by atoms with van der Waals surface area (Å²) < 4.78 is 5.63. The first-order valence-electron chi connectivity index (χ1n) is 4.54. The Bertz CT molecular complexity index is 198. The highest BCUT2D eigenvalue weighted by Crippen LogP contribution is 2.19. The van der Waals surface area contributed by atoms with Gasteiger partial charge < -0.3 is 15.2 Å². The third-order valence-electron chi connectivity index (χ3n) is 1.94. The molecule has 2 atom stereocenters. The van der Waals surface area contributed by atoms with Gasteiger partial charge in [-0.05, 0) is 33.7 Å². The molecule has 1 saturated heterocycles. The van der Waals surface area contributed by atoms with Crippen LogP contribution in [0.5, 0.6) is 0 Å². The molecule has 0 aromatic heterocycles. The van der Waals surface area contributed by atoms with Crippen molar-refractivity contribution >= 4 is 5.97 Å². The lowest BCUT2D eigenvalue weighted by molar-refractivity contribution is -0.145. The minimum atomic E-state index is -0.827. The second-order valence-corrected chi connectivity index (χ2v) is 4.33. The van der Waals surface area contributed by atoms with Crippen molar-refractivity contribution in [3.05, 3.63) is 0 Å². The molecule has 0 aromatic rings. The van der Waals surface area contributed by atoms with E-state index in [4.69, 9.17) is 9.84 Å². The number of rotatable bonds is 2. The number of ether oxygens (including phenoxy) is 1. The molecule has 4 heteroatoms. The molecule has 0 aliphatic carbocycles. The highest BCUT2D eigenvalue weighted by molar-refractivity contribution is 5.74. The average Bonchev–Trinajstić information content (AvgIpc) is 2.31. The van der Waals surface area contributed by atoms with Gasteiger partial charge in [-0.15, -0.1) is 0 Å². The van der Waals surface area contributed by atoms with Crippen molar-refractivity contribution in [1.82, 2.24) is 5.32 Å². The summed E-state index contributed by atoms with van der Waals surface area (Å²) in [5, 5.41) is 11.7. The third-order valence-corrected chi connectivity index (χ3v) is 1.94. The molecule has 1 aliphatic rings. The van der Waals surface area contributed by atoms with Crippen LogP contribution >= 0.6 is 0 Å². The van der Waals surface area contributed by atoms with Gasteiger partial charge in [0, 0.05) is 0 Å². The zero-order valence-corrected chi connectivity index (χ0v) is 8.33. The van der Waals surface area contributed by atoms with E-state index >= 15 is 0 Å². The van der Waals surface area contributed by atoms with Gasteiger partial charge in [-0.1, -0.05) is 0 Å². The Balaban J connectivity index is 2.54. The number of carboxylic acids is 1. The third kappa shape index (κ3) is 2.97. The normalized spacial score (nSPS) is 29.2. The molecule has 1 heterocycles. The lowest BCUT2D eigenvalue weighted by Crippen LogP contribution is -2.42. The molecular formula is C9H17NO3. The van der Waals surface area contributed by atoms with Gasteiger partial charge in [0.25, 0.3) is 0 Å². The Morgan fingerprint density at radius 1 is 1.54 bits per heavy atom. The van der Waals surface area contributed by atoms with E-state index in [-0.39, 0.29) is 11.7 Å². The van der Waals surface area contributed by atoms with Crippen LogP contribution in [0.4, 0.5) is 0 Å². The Morgan fingerprint density at radius 2 is 2.15 bits per heavy atom. The molecule has 0 bridgehead atoms. The highest BCUT2D eigenvalue weighted by Gasteiger charge is 2.35. The van der Waals surface area contributed by atoms with Crippen LogP contribution in [0.25, 0.3) is 0 Å². The summed E-state index contributed by atoms with van der Waals surface area (Å²) in [4.78, 5) is 10.8. The van der Waals surface area contributed by atoms with Gasteiger partial charge >= 0.3 is 5.97 Å². The minimum Gasteiger partial charge on any atom is -0.480 e. The Kier molecular flexibility index (Phi) is 2.93. The summed E-state index contributed by atoms with van der Waals surface area (Å²) in [6.45, 7) is 6.52. The van der Waals surface area contributed by atoms with E-state index in [1.807, 2.05) is 20.8 Å². The van der Waals surface area contributed by atoms with Crippen LogP contribution < -0.4 is 5.32 Å². The molecule has 0 radical (unpaired) electrons. The van der Waals surface area contributed by atoms with Gasteiger partial charge in [-0.2, -0.15) is 0 Å². The molecule has 1 unspecified atom stereocenters. The van der Waals surface area contributed by atoms with Crippen molar-refractivity contribution < 1.29 is 14.6 Å². The van der Waals surface area contributed by atoms with Gasteiger partial charge in [0.1, 0.15) is 6.04 Å². The fraction of sp³-hybridized carbons (Fsp3) is 0.889. The van der Waals surface area contributed by atoms with Crippen molar-refractivity contribution in [2.45, 2.75) is 44.9 Å². The van der Waals surface area contributed by atoms with Gasteiger partial charge in [0.15, 0.2) is 0 Å². The van der Waals surface area contributed by atoms with E-state index in [1.54, 1.807) is 0 Å². The first-order chi connectivity index (χ1) is 5.90. The Labute approximate surface area is 78.3 Å². The molecule has 0 aromatic carbocycles. The van der Waals surface area contributed by atoms with Crippen molar-refractivity contribution in [2.75, 3.05) is 6.54 Å². The monoisotopic (exact) mass is 187 g/mol. The van der Waals surface area contributed by atoms with E-state index in [2.05, 4.69) is 5.32 Å². The average molecular weight is 187 g/mol. The lowest BCUT2D eigenvalue weighted by atomic mass is 10.1. The van der Waals surface area contributed by atoms with E-state index < -0.39 is 12.0 Å². The molecule has 1 aliphatic heterocycles. The van der Waals surface area contributed by atoms with E-state index in [0.717, 1.165) is 13.0 Å². The number of aliphatic carboxylic acids is 1. The molecule has 0 amide bonds. The molecule has 2 N–H and O–H groups in total. The summed E-state index contributed by atoms with van der Waals surface area (Å²) >= 11 is 0. The Hall–Kier alpha value is -0.610. The minimum absolute atomic E-state index is 0.197. The predicted molar refractivity (Wildman–Crippen MR) is 48.7 cm³/mol. The molecule has 1 fully saturated rings. The first kappa shape index (κ1) is 10.5. The van der Waals surface area contributed by atoms with Gasteiger partial charge in [0.05, 0.1) is 11.7 Å². The van der Waals surface area contributed by atoms with Crippen LogP contribution in [0.3, 0.4) is 0 Å². The molecule has 1 rings (SSSR count). The number of hydrogen-bond acceptors (Lipinski definition) is 3. The smallest absolute Gasteiger partial charge is 0.323 e. The number of hydrogen-bond donors (Lipinski definition) is 2. The van der Waals surface area contributed by atoms with Crippen LogP contribution in [0, 0.1) is 0 Å². The fourth-order valence-electron chi connectivity index (χ4n) is 1.51. The predicted octanol–water partition coefficient (Wildman–Crippen LogP) is 0.617. The standard InChI is InChI=1S/C9H17NO3/c1-9(2,3)13-6-4-5-10-7(6)8(11)12/h6-7,10H,4-5H2,1-3H3,(H,11,12)/t6?,7-/m0/s1. The van der Waals surface area contributed by atoms with Crippen LogP contribution in [0.1, 0.15) is 27.2 Å². The molecule has 0 saturated carbocycles. The van der Waals surface area contributed by atoms with Gasteiger partial charge in [0.2, 0.25) is 0 Å². The van der Waals surface area contributed by atoms with Crippen molar-refractivity contribution in [2.24, 2.45) is 0 Å². The highest BCUT2D eigenvalue weighted by atomic mass is 16.5. The Morgan fingerprint density at radius 3 is 2.62 bits per heavy atom. The van der Waals surface area contributed by atoms with Crippen LogP contribution in [-0.2, 0) is 9.53 Å². The summed E-state index contributed by atoms with van der Waals surface area (Å²) in [5.74, 6) is -0.827. The summed E-state index contributed by atoms with van der Waals surface area (Å²) in [6.07, 6.45) is 0.575. The summed E-state index contributed by atoms with van der Waals surface area (Å²) in [7, 11) is 0. The zero-order valence-electron chi connectivity index (χ0n) is 8.33. The molecule has 13 heavy (non-hydrogen) atoms. The van der Waals surface area contributed by atoms with E-state index in [1.165, 1.54) is 0 Å². The molecular weight excluding hydrogens is 170 g/mol. The first-order valence-corrected chi connectivity index (χ1v) is 4.54. The zero-order chi connectivity index (χ0) is 10.1. The van der Waals surface area contributed by atoms with Crippen LogP contribution in [-0.4, -0.2) is 35.4 Å². The van der Waals surface area contributed by atoms with Crippen LogP contribution in [0.15, 0.2) is 0 Å². The van der Waals surface area contributed by atoms with Crippen molar-refractivity contribution in [1.29, 1.82) is 0 Å². The van der Waals surface area contributed by atoms with E-state index in [9.17, 15) is 4.79 Å². The van der Waals surface area contributed by atoms with Crippen LogP contribution in [0.2, 0.25) is 0 Å². The molecule has 0 spiro atoms. The fourth-order valence-corrected chi connectivity index (χ4v) is 1.51. The topological polar surface area (TPSA) is 58.6 Å². The van der Waals surface area contributed by atoms with E-state index in [0.29, 0.717) is 0 Å². The van der Waals surface area contributed by atoms with Crippen molar-refractivity contribution in [3.8, 4) is 0 Å². The maximum absolute atomic E-state index is 10.8. The quantitative estimate of drug-likeness (QED) is 0.665.